The highest BCUT2D eigenvalue weighted by atomic mass is 16.4. The highest BCUT2D eigenvalue weighted by Crippen LogP contribution is 2.09. The van der Waals surface area contributed by atoms with Crippen molar-refractivity contribution in [3.05, 3.63) is 54.1 Å². The van der Waals surface area contributed by atoms with Gasteiger partial charge < -0.3 is 14.8 Å². The Bertz CT molecular complexity index is 617. The number of carbonyl (C=O) groups excluding carboxylic acids is 1. The van der Waals surface area contributed by atoms with Gasteiger partial charge in [-0.25, -0.2) is 9.78 Å². The summed E-state index contributed by atoms with van der Waals surface area (Å²) in [4.78, 5) is 26.2. The fourth-order valence-electron chi connectivity index (χ4n) is 1.35. The van der Waals surface area contributed by atoms with Crippen LogP contribution in [0.1, 0.15) is 16.1 Å². The lowest BCUT2D eigenvalue weighted by Gasteiger charge is -2.03. The van der Waals surface area contributed by atoms with E-state index >= 15 is 0 Å². The molecule has 0 aromatic carbocycles. The molecule has 0 bridgehead atoms. The van der Waals surface area contributed by atoms with Gasteiger partial charge in [-0.3, -0.25) is 4.79 Å². The number of nitrogens with one attached hydrogen (secondary N) is 1. The van der Waals surface area contributed by atoms with Gasteiger partial charge in [0.05, 0.1) is 17.5 Å². The number of carboxylic acid groups (broad SMARTS) is 1. The molecule has 0 radical (unpaired) electrons. The molecule has 96 valence electrons. The number of hydrogen-bond donors (Lipinski definition) is 2. The van der Waals surface area contributed by atoms with Crippen molar-refractivity contribution in [3.8, 4) is 0 Å². The van der Waals surface area contributed by atoms with E-state index in [4.69, 9.17) is 9.52 Å². The second-order valence-electron chi connectivity index (χ2n) is 3.59. The third-order valence-corrected chi connectivity index (χ3v) is 2.19. The van der Waals surface area contributed by atoms with Crippen molar-refractivity contribution in [3.63, 3.8) is 0 Å². The number of amides is 1. The Morgan fingerprint density at radius 2 is 2.16 bits per heavy atom. The number of carboxylic acids is 1. The van der Waals surface area contributed by atoms with E-state index in [1.807, 2.05) is 0 Å². The Kier molecular flexibility index (Phi) is 3.72. The molecule has 0 fully saturated rings. The van der Waals surface area contributed by atoms with Crippen molar-refractivity contribution in [2.75, 3.05) is 5.32 Å². The quantitative estimate of drug-likeness (QED) is 0.818. The average molecular weight is 258 g/mol. The number of carbonyl (C=O) groups is 2. The van der Waals surface area contributed by atoms with Gasteiger partial charge in [0.2, 0.25) is 0 Å². The van der Waals surface area contributed by atoms with Crippen LogP contribution in [0.2, 0.25) is 0 Å². The Morgan fingerprint density at radius 3 is 2.84 bits per heavy atom. The first-order valence-electron chi connectivity index (χ1n) is 5.37. The third-order valence-electron chi connectivity index (χ3n) is 2.19. The molecular weight excluding hydrogens is 248 g/mol. The third kappa shape index (κ3) is 3.53. The molecule has 19 heavy (non-hydrogen) atoms. The first kappa shape index (κ1) is 12.6. The van der Waals surface area contributed by atoms with Gasteiger partial charge in [-0.05, 0) is 24.3 Å². The smallest absolute Gasteiger partial charge is 0.328 e. The number of nitrogens with zero attached hydrogens (tertiary/aromatic N) is 1. The van der Waals surface area contributed by atoms with Gasteiger partial charge in [0.15, 0.2) is 0 Å². The van der Waals surface area contributed by atoms with Gasteiger partial charge in [0.25, 0.3) is 5.91 Å². The normalized spacial score (nSPS) is 10.5. The van der Waals surface area contributed by atoms with Crippen LogP contribution in [0.3, 0.4) is 0 Å². The molecule has 1 amide bonds. The summed E-state index contributed by atoms with van der Waals surface area (Å²) in [5.74, 6) is -1.08. The topological polar surface area (TPSA) is 92.4 Å². The first-order chi connectivity index (χ1) is 9.15. The van der Waals surface area contributed by atoms with Crippen LogP contribution in [0.4, 0.5) is 5.82 Å². The first-order valence-corrected chi connectivity index (χ1v) is 5.37. The van der Waals surface area contributed by atoms with Crippen LogP contribution in [0.5, 0.6) is 0 Å². The van der Waals surface area contributed by atoms with Crippen molar-refractivity contribution >= 4 is 23.8 Å². The maximum absolute atomic E-state index is 11.7. The SMILES string of the molecule is O=C(O)C=Cc1cccc(NC(=O)c2ccoc2)n1. The van der Waals surface area contributed by atoms with Crippen LogP contribution in [0, 0.1) is 0 Å². The number of aromatic nitrogens is 1. The molecule has 0 spiro atoms. The summed E-state index contributed by atoms with van der Waals surface area (Å²) in [5.41, 5.74) is 0.820. The molecule has 0 aliphatic rings. The van der Waals surface area contributed by atoms with E-state index in [1.54, 1.807) is 18.2 Å². The van der Waals surface area contributed by atoms with Crippen LogP contribution >= 0.6 is 0 Å². The summed E-state index contributed by atoms with van der Waals surface area (Å²) in [6, 6.07) is 6.44. The summed E-state index contributed by atoms with van der Waals surface area (Å²) < 4.78 is 4.80. The number of hydrogen-bond acceptors (Lipinski definition) is 4. The summed E-state index contributed by atoms with van der Waals surface area (Å²) in [6.07, 6.45) is 5.04. The summed E-state index contributed by atoms with van der Waals surface area (Å²) in [7, 11) is 0. The second kappa shape index (κ2) is 5.63. The number of aliphatic carboxylic acids is 1. The zero-order valence-electron chi connectivity index (χ0n) is 9.74. The van der Waals surface area contributed by atoms with Crippen LogP contribution in [0.15, 0.2) is 47.3 Å². The number of pyridine rings is 1. The summed E-state index contributed by atoms with van der Waals surface area (Å²) in [5, 5.41) is 11.1. The van der Waals surface area contributed by atoms with Gasteiger partial charge in [-0.15, -0.1) is 0 Å². The average Bonchev–Trinajstić information content (AvgIpc) is 2.91. The van der Waals surface area contributed by atoms with Crippen LogP contribution < -0.4 is 5.32 Å². The Labute approximate surface area is 108 Å². The summed E-state index contributed by atoms with van der Waals surface area (Å²) >= 11 is 0. The minimum Gasteiger partial charge on any atom is -0.478 e. The predicted octanol–water partition coefficient (Wildman–Crippen LogP) is 2.02. The van der Waals surface area contributed by atoms with Crippen LogP contribution in [-0.2, 0) is 4.79 Å². The van der Waals surface area contributed by atoms with E-state index in [9.17, 15) is 9.59 Å². The van der Waals surface area contributed by atoms with Crippen LogP contribution in [-0.4, -0.2) is 22.0 Å². The largest absolute Gasteiger partial charge is 0.478 e. The molecule has 2 aromatic rings. The van der Waals surface area contributed by atoms with Gasteiger partial charge in [-0.1, -0.05) is 6.07 Å². The zero-order chi connectivity index (χ0) is 13.7. The maximum atomic E-state index is 11.7. The van der Waals surface area contributed by atoms with Crippen LogP contribution in [0.25, 0.3) is 6.08 Å². The molecule has 0 atom stereocenters. The lowest BCUT2D eigenvalue weighted by atomic mass is 10.3. The minimum absolute atomic E-state index is 0.332. The van der Waals surface area contributed by atoms with Crippen molar-refractivity contribution in [1.82, 2.24) is 4.98 Å². The molecule has 0 saturated heterocycles. The standard InChI is InChI=1S/C13H10N2O4/c16-12(17)5-4-10-2-1-3-11(14-10)15-13(18)9-6-7-19-8-9/h1-8H,(H,16,17)(H,14,15,18). The van der Waals surface area contributed by atoms with E-state index in [0.717, 1.165) is 6.08 Å². The fourth-order valence-corrected chi connectivity index (χ4v) is 1.35. The minimum atomic E-state index is -1.06. The van der Waals surface area contributed by atoms with E-state index in [2.05, 4.69) is 10.3 Å². The van der Waals surface area contributed by atoms with E-state index in [-0.39, 0.29) is 5.91 Å². The molecular formula is C13H10N2O4. The predicted molar refractivity (Wildman–Crippen MR) is 67.6 cm³/mol. The van der Waals surface area contributed by atoms with E-state index in [1.165, 1.54) is 24.7 Å². The molecule has 2 rings (SSSR count). The highest BCUT2D eigenvalue weighted by molar-refractivity contribution is 6.03. The molecule has 2 N–H and O–H groups in total. The molecule has 0 unspecified atom stereocenters. The van der Waals surface area contributed by atoms with Gasteiger partial charge in [0.1, 0.15) is 12.1 Å². The lowest BCUT2D eigenvalue weighted by molar-refractivity contribution is -0.131. The van der Waals surface area contributed by atoms with Gasteiger partial charge in [-0.2, -0.15) is 0 Å². The Morgan fingerprint density at radius 1 is 1.32 bits per heavy atom. The number of rotatable bonds is 4. The maximum Gasteiger partial charge on any atom is 0.328 e. The molecule has 0 aliphatic heterocycles. The van der Waals surface area contributed by atoms with Crippen molar-refractivity contribution in [2.45, 2.75) is 0 Å². The molecule has 0 saturated carbocycles. The molecule has 0 aliphatic carbocycles. The van der Waals surface area contributed by atoms with Crippen molar-refractivity contribution in [2.24, 2.45) is 0 Å². The van der Waals surface area contributed by atoms with Gasteiger partial charge >= 0.3 is 5.97 Å². The summed E-state index contributed by atoms with van der Waals surface area (Å²) in [6.45, 7) is 0. The molecule has 6 nitrogen and oxygen atoms in total. The molecule has 2 aromatic heterocycles. The van der Waals surface area contributed by atoms with Crippen molar-refractivity contribution < 1.29 is 19.1 Å². The zero-order valence-corrected chi connectivity index (χ0v) is 9.74. The number of anilines is 1. The molecule has 6 heteroatoms. The fraction of sp³-hybridized carbons (Fsp3) is 0. The highest BCUT2D eigenvalue weighted by Gasteiger charge is 2.07. The Balaban J connectivity index is 2.11. The Hall–Kier alpha value is -2.89. The number of furan rings is 1. The lowest BCUT2D eigenvalue weighted by Crippen LogP contribution is -2.12. The van der Waals surface area contributed by atoms with E-state index in [0.29, 0.717) is 17.1 Å². The van der Waals surface area contributed by atoms with E-state index < -0.39 is 5.97 Å². The second-order valence-corrected chi connectivity index (χ2v) is 3.59. The van der Waals surface area contributed by atoms with Gasteiger partial charge in [0, 0.05) is 6.08 Å². The monoisotopic (exact) mass is 258 g/mol. The molecule has 2 heterocycles. The van der Waals surface area contributed by atoms with Crippen molar-refractivity contribution in [1.29, 1.82) is 0 Å².